The van der Waals surface area contributed by atoms with E-state index in [9.17, 15) is 9.90 Å². The number of carbonyl (C=O) groups excluding carboxylic acids is 1. The molecule has 0 saturated heterocycles. The van der Waals surface area contributed by atoms with Crippen molar-refractivity contribution < 1.29 is 9.90 Å². The van der Waals surface area contributed by atoms with Crippen LogP contribution >= 0.6 is 0 Å². The smallest absolute Gasteiger partial charge is 0.254 e. The fraction of sp³-hybridized carbons (Fsp3) is 0.500. The van der Waals surface area contributed by atoms with Gasteiger partial charge in [0.25, 0.3) is 5.91 Å². The van der Waals surface area contributed by atoms with Crippen LogP contribution in [0.4, 0.5) is 0 Å². The fourth-order valence-electron chi connectivity index (χ4n) is 2.45. The van der Waals surface area contributed by atoms with E-state index in [2.05, 4.69) is 13.0 Å². The van der Waals surface area contributed by atoms with Gasteiger partial charge in [-0.1, -0.05) is 23.8 Å². The summed E-state index contributed by atoms with van der Waals surface area (Å²) < 4.78 is 0. The summed E-state index contributed by atoms with van der Waals surface area (Å²) >= 11 is 0. The quantitative estimate of drug-likeness (QED) is 0.864. The Bertz CT molecular complexity index is 540. The highest BCUT2D eigenvalue weighted by Crippen LogP contribution is 2.17. The molecule has 1 aliphatic rings. The van der Waals surface area contributed by atoms with Crippen LogP contribution in [0.25, 0.3) is 0 Å². The monoisotopic (exact) mass is 287 g/mol. The van der Waals surface area contributed by atoms with Gasteiger partial charge in [0, 0.05) is 18.7 Å². The van der Waals surface area contributed by atoms with E-state index in [-0.39, 0.29) is 5.91 Å². The molecule has 0 bridgehead atoms. The van der Waals surface area contributed by atoms with Gasteiger partial charge in [-0.25, -0.2) is 0 Å². The topological polar surface area (TPSA) is 40.5 Å². The summed E-state index contributed by atoms with van der Waals surface area (Å²) in [6.45, 7) is 7.24. The number of benzene rings is 1. The van der Waals surface area contributed by atoms with Crippen molar-refractivity contribution >= 4 is 5.91 Å². The van der Waals surface area contributed by atoms with E-state index in [1.165, 1.54) is 5.57 Å². The lowest BCUT2D eigenvalue weighted by Gasteiger charge is -2.25. The van der Waals surface area contributed by atoms with Gasteiger partial charge >= 0.3 is 0 Å². The molecule has 1 aromatic rings. The highest BCUT2D eigenvalue weighted by Gasteiger charge is 2.18. The molecule has 0 aliphatic carbocycles. The number of aryl methyl sites for hydroxylation is 1. The molecule has 0 radical (unpaired) electrons. The second kappa shape index (κ2) is 6.44. The van der Waals surface area contributed by atoms with E-state index in [1.807, 2.05) is 43.0 Å². The van der Waals surface area contributed by atoms with Crippen LogP contribution in [0, 0.1) is 0 Å². The predicted octanol–water partition coefficient (Wildman–Crippen LogP) is 3.18. The molecule has 0 spiro atoms. The summed E-state index contributed by atoms with van der Waals surface area (Å²) in [5, 5.41) is 9.80. The third-order valence-electron chi connectivity index (χ3n) is 3.92. The molecule has 21 heavy (non-hydrogen) atoms. The number of carbonyl (C=O) groups is 1. The van der Waals surface area contributed by atoms with Gasteiger partial charge in [-0.15, -0.1) is 0 Å². The van der Waals surface area contributed by atoms with Gasteiger partial charge in [0.1, 0.15) is 0 Å². The molecule has 114 valence electrons. The summed E-state index contributed by atoms with van der Waals surface area (Å²) in [5.74, 6) is 0.101. The largest absolute Gasteiger partial charge is 0.390 e. The van der Waals surface area contributed by atoms with E-state index in [1.54, 1.807) is 0 Å². The average Bonchev–Trinajstić information content (AvgIpc) is 2.45. The number of amides is 1. The molecule has 3 heteroatoms. The maximum atomic E-state index is 12.5. The van der Waals surface area contributed by atoms with Crippen molar-refractivity contribution in [3.05, 3.63) is 47.0 Å². The lowest BCUT2D eigenvalue weighted by Crippen LogP contribution is -2.34. The molecular weight excluding hydrogens is 262 g/mol. The molecule has 1 aromatic carbocycles. The molecule has 1 amide bonds. The highest BCUT2D eigenvalue weighted by atomic mass is 16.3. The molecule has 2 rings (SSSR count). The molecule has 1 aliphatic heterocycles. The Morgan fingerprint density at radius 1 is 1.38 bits per heavy atom. The van der Waals surface area contributed by atoms with Crippen LogP contribution < -0.4 is 0 Å². The van der Waals surface area contributed by atoms with E-state index in [0.717, 1.165) is 30.5 Å². The minimum absolute atomic E-state index is 0.101. The minimum Gasteiger partial charge on any atom is -0.390 e. The van der Waals surface area contributed by atoms with Gasteiger partial charge in [-0.05, 0) is 57.7 Å². The van der Waals surface area contributed by atoms with E-state index < -0.39 is 5.60 Å². The first-order valence-electron chi connectivity index (χ1n) is 7.61. The van der Waals surface area contributed by atoms with Gasteiger partial charge in [0.05, 0.1) is 5.60 Å². The van der Waals surface area contributed by atoms with E-state index >= 15 is 0 Å². The lowest BCUT2D eigenvalue weighted by molar-refractivity contribution is 0.0714. The van der Waals surface area contributed by atoms with Crippen molar-refractivity contribution in [3.63, 3.8) is 0 Å². The molecule has 0 aromatic heterocycles. The van der Waals surface area contributed by atoms with Crippen molar-refractivity contribution in [2.75, 3.05) is 13.1 Å². The van der Waals surface area contributed by atoms with Crippen molar-refractivity contribution in [1.82, 2.24) is 4.90 Å². The predicted molar refractivity (Wildman–Crippen MR) is 85.3 cm³/mol. The summed E-state index contributed by atoms with van der Waals surface area (Å²) in [6.07, 6.45) is 4.56. The van der Waals surface area contributed by atoms with Crippen LogP contribution in [-0.2, 0) is 6.42 Å². The van der Waals surface area contributed by atoms with Gasteiger partial charge < -0.3 is 10.0 Å². The number of rotatable bonds is 4. The third kappa shape index (κ3) is 4.71. The molecule has 0 saturated carbocycles. The van der Waals surface area contributed by atoms with Gasteiger partial charge in [-0.3, -0.25) is 4.79 Å². The van der Waals surface area contributed by atoms with Crippen molar-refractivity contribution in [2.24, 2.45) is 0 Å². The molecule has 0 unspecified atom stereocenters. The van der Waals surface area contributed by atoms with E-state index in [4.69, 9.17) is 0 Å². The Balaban J connectivity index is 2.05. The molecular formula is C18H25NO2. The molecule has 1 heterocycles. The first kappa shape index (κ1) is 15.8. The summed E-state index contributed by atoms with van der Waals surface area (Å²) in [5.41, 5.74) is 2.54. The van der Waals surface area contributed by atoms with Crippen molar-refractivity contribution in [3.8, 4) is 0 Å². The number of hydrogen-bond acceptors (Lipinski definition) is 2. The second-order valence-electron chi connectivity index (χ2n) is 6.56. The van der Waals surface area contributed by atoms with E-state index in [0.29, 0.717) is 13.0 Å². The van der Waals surface area contributed by atoms with Crippen LogP contribution in [0.3, 0.4) is 0 Å². The van der Waals surface area contributed by atoms with Crippen LogP contribution in [0.2, 0.25) is 0 Å². The standard InChI is InChI=1S/C18H25NO2/c1-14-8-11-19(12-9-14)17(20)16-6-4-5-15(13-16)7-10-18(2,3)21/h4-6,8,13,21H,7,9-12H2,1-3H3. The van der Waals surface area contributed by atoms with Crippen LogP contribution in [-0.4, -0.2) is 34.6 Å². The molecule has 0 fully saturated rings. The highest BCUT2D eigenvalue weighted by molar-refractivity contribution is 5.94. The summed E-state index contributed by atoms with van der Waals surface area (Å²) in [7, 11) is 0. The Hall–Kier alpha value is -1.61. The zero-order valence-electron chi connectivity index (χ0n) is 13.2. The number of nitrogens with zero attached hydrogens (tertiary/aromatic N) is 1. The third-order valence-corrected chi connectivity index (χ3v) is 3.92. The fourth-order valence-corrected chi connectivity index (χ4v) is 2.45. The Morgan fingerprint density at radius 2 is 2.14 bits per heavy atom. The van der Waals surface area contributed by atoms with Gasteiger partial charge in [0.15, 0.2) is 0 Å². The minimum atomic E-state index is -0.671. The zero-order valence-corrected chi connectivity index (χ0v) is 13.2. The summed E-state index contributed by atoms with van der Waals surface area (Å²) in [4.78, 5) is 14.4. The molecule has 0 atom stereocenters. The van der Waals surface area contributed by atoms with Gasteiger partial charge in [-0.2, -0.15) is 0 Å². The van der Waals surface area contributed by atoms with Gasteiger partial charge in [0.2, 0.25) is 0 Å². The molecule has 1 N–H and O–H groups in total. The average molecular weight is 287 g/mol. The lowest BCUT2D eigenvalue weighted by atomic mass is 9.97. The number of aliphatic hydroxyl groups is 1. The first-order valence-corrected chi connectivity index (χ1v) is 7.61. The van der Waals surface area contributed by atoms with Crippen molar-refractivity contribution in [2.45, 2.75) is 45.6 Å². The Kier molecular flexibility index (Phi) is 4.84. The summed E-state index contributed by atoms with van der Waals surface area (Å²) in [6, 6.07) is 7.78. The number of hydrogen-bond donors (Lipinski definition) is 1. The zero-order chi connectivity index (χ0) is 15.5. The van der Waals surface area contributed by atoms with Crippen LogP contribution in [0.1, 0.15) is 49.5 Å². The maximum Gasteiger partial charge on any atom is 0.254 e. The Labute approximate surface area is 127 Å². The SMILES string of the molecule is CC1=CCN(C(=O)c2cccc(CCC(C)(C)O)c2)CC1. The first-order chi connectivity index (χ1) is 9.85. The normalized spacial score (nSPS) is 15.8. The van der Waals surface area contributed by atoms with Crippen molar-refractivity contribution in [1.29, 1.82) is 0 Å². The van der Waals surface area contributed by atoms with Crippen LogP contribution in [0.5, 0.6) is 0 Å². The Morgan fingerprint density at radius 3 is 2.76 bits per heavy atom. The second-order valence-corrected chi connectivity index (χ2v) is 6.56. The van der Waals surface area contributed by atoms with Crippen LogP contribution in [0.15, 0.2) is 35.9 Å². The maximum absolute atomic E-state index is 12.5. The molecule has 3 nitrogen and oxygen atoms in total.